The smallest absolute Gasteiger partial charge is 0.276 e. The van der Waals surface area contributed by atoms with E-state index < -0.39 is 11.7 Å². The predicted octanol–water partition coefficient (Wildman–Crippen LogP) is 4.38. The summed E-state index contributed by atoms with van der Waals surface area (Å²) >= 11 is 0. The molecule has 0 atom stereocenters. The molecule has 0 saturated carbocycles. The Morgan fingerprint density at radius 2 is 1.78 bits per heavy atom. The molecule has 1 fully saturated rings. The van der Waals surface area contributed by atoms with Crippen molar-refractivity contribution >= 4 is 17.4 Å². The predicted molar refractivity (Wildman–Crippen MR) is 140 cm³/mol. The van der Waals surface area contributed by atoms with E-state index >= 15 is 0 Å². The molecule has 1 aliphatic heterocycles. The van der Waals surface area contributed by atoms with Gasteiger partial charge in [-0.1, -0.05) is 31.2 Å². The van der Waals surface area contributed by atoms with Gasteiger partial charge in [0.15, 0.2) is 5.82 Å². The van der Waals surface area contributed by atoms with Gasteiger partial charge in [0, 0.05) is 30.4 Å². The first-order valence-electron chi connectivity index (χ1n) is 12.3. The second kappa shape index (κ2) is 10.7. The number of aromatic nitrogens is 4. The molecule has 0 aliphatic carbocycles. The van der Waals surface area contributed by atoms with E-state index in [1.807, 2.05) is 24.3 Å². The summed E-state index contributed by atoms with van der Waals surface area (Å²) in [6.07, 6.45) is 2.33. The zero-order valence-electron chi connectivity index (χ0n) is 20.5. The van der Waals surface area contributed by atoms with Crippen molar-refractivity contribution in [3.63, 3.8) is 0 Å². The Morgan fingerprint density at radius 3 is 2.49 bits per heavy atom. The molecule has 2 aromatic heterocycles. The summed E-state index contributed by atoms with van der Waals surface area (Å²) in [6.45, 7) is 4.34. The number of rotatable bonds is 6. The monoisotopic (exact) mass is 498 g/mol. The lowest BCUT2D eigenvalue weighted by molar-refractivity contribution is 0.102. The highest BCUT2D eigenvalue weighted by Gasteiger charge is 2.17. The molecular weight excluding hydrogens is 471 g/mol. The Hall–Kier alpha value is -4.40. The van der Waals surface area contributed by atoms with Crippen LogP contribution in [0.3, 0.4) is 0 Å². The number of benzene rings is 2. The molecule has 0 bridgehead atoms. The van der Waals surface area contributed by atoms with Crippen LogP contribution >= 0.6 is 0 Å². The van der Waals surface area contributed by atoms with E-state index in [0.717, 1.165) is 40.8 Å². The highest BCUT2D eigenvalue weighted by Crippen LogP contribution is 2.24. The molecule has 37 heavy (non-hydrogen) atoms. The van der Waals surface area contributed by atoms with Crippen LogP contribution in [0.1, 0.15) is 35.8 Å². The van der Waals surface area contributed by atoms with Gasteiger partial charge in [0.2, 0.25) is 0 Å². The van der Waals surface area contributed by atoms with Crippen LogP contribution in [0.4, 0.5) is 15.9 Å². The van der Waals surface area contributed by atoms with Crippen LogP contribution in [0.25, 0.3) is 11.3 Å². The molecular formula is C28H27FN6O2. The van der Waals surface area contributed by atoms with Crippen LogP contribution in [0.5, 0.6) is 0 Å². The maximum Gasteiger partial charge on any atom is 0.276 e. The molecule has 188 valence electrons. The molecule has 9 heteroatoms. The second-order valence-electron chi connectivity index (χ2n) is 9.32. The van der Waals surface area contributed by atoms with E-state index in [1.54, 1.807) is 24.3 Å². The van der Waals surface area contributed by atoms with Gasteiger partial charge in [0.1, 0.15) is 11.5 Å². The summed E-state index contributed by atoms with van der Waals surface area (Å²) in [4.78, 5) is 27.2. The average Bonchev–Trinajstić information content (AvgIpc) is 2.91. The summed E-state index contributed by atoms with van der Waals surface area (Å²) in [6, 6.07) is 19.8. The van der Waals surface area contributed by atoms with Gasteiger partial charge in [-0.05, 0) is 66.8 Å². The standard InChI is InChI=1S/C28H27FN6O2/c1-19-13-15-34(16-14-19)26-11-9-24(31-32-26)21-5-7-23(8-6-21)30-28(37)25-10-12-27(36)35(33-25)18-20-3-2-4-22(29)17-20/h2-12,17,19H,13-16,18H2,1H3,(H,30,37). The molecule has 3 heterocycles. The molecule has 5 rings (SSSR count). The molecule has 1 N–H and O–H groups in total. The summed E-state index contributed by atoms with van der Waals surface area (Å²) in [5.41, 5.74) is 2.47. The van der Waals surface area contributed by atoms with Gasteiger partial charge < -0.3 is 10.2 Å². The molecule has 0 spiro atoms. The first-order valence-corrected chi connectivity index (χ1v) is 12.3. The number of nitrogens with one attached hydrogen (secondary N) is 1. The average molecular weight is 499 g/mol. The largest absolute Gasteiger partial charge is 0.355 e. The van der Waals surface area contributed by atoms with Crippen LogP contribution in [0, 0.1) is 11.7 Å². The van der Waals surface area contributed by atoms with Crippen LogP contribution in [-0.4, -0.2) is 39.0 Å². The lowest BCUT2D eigenvalue weighted by Crippen LogP contribution is -2.33. The lowest BCUT2D eigenvalue weighted by atomic mass is 9.99. The van der Waals surface area contributed by atoms with Crippen molar-refractivity contribution in [3.8, 4) is 11.3 Å². The Morgan fingerprint density at radius 1 is 1.00 bits per heavy atom. The number of piperidine rings is 1. The minimum Gasteiger partial charge on any atom is -0.355 e. The van der Waals surface area contributed by atoms with Crippen LogP contribution < -0.4 is 15.8 Å². The third kappa shape index (κ3) is 5.88. The van der Waals surface area contributed by atoms with Gasteiger partial charge >= 0.3 is 0 Å². The number of hydrogen-bond donors (Lipinski definition) is 1. The van der Waals surface area contributed by atoms with E-state index in [2.05, 4.69) is 32.4 Å². The Bertz CT molecular complexity index is 1440. The van der Waals surface area contributed by atoms with Crippen molar-refractivity contribution in [1.29, 1.82) is 0 Å². The summed E-state index contributed by atoms with van der Waals surface area (Å²) in [5.74, 6) is 0.790. The van der Waals surface area contributed by atoms with Crippen LogP contribution in [0.15, 0.2) is 77.6 Å². The van der Waals surface area contributed by atoms with Crippen molar-refractivity contribution in [2.75, 3.05) is 23.3 Å². The number of amides is 1. The maximum atomic E-state index is 13.5. The fourth-order valence-electron chi connectivity index (χ4n) is 4.30. The maximum absolute atomic E-state index is 13.5. The van der Waals surface area contributed by atoms with Crippen molar-refractivity contribution in [2.24, 2.45) is 5.92 Å². The molecule has 0 radical (unpaired) electrons. The van der Waals surface area contributed by atoms with E-state index in [9.17, 15) is 14.0 Å². The second-order valence-corrected chi connectivity index (χ2v) is 9.32. The van der Waals surface area contributed by atoms with E-state index in [1.165, 1.54) is 37.1 Å². The van der Waals surface area contributed by atoms with Crippen LogP contribution in [0.2, 0.25) is 0 Å². The third-order valence-corrected chi connectivity index (χ3v) is 6.52. The Labute approximate surface area is 213 Å². The summed E-state index contributed by atoms with van der Waals surface area (Å²) in [5, 5.41) is 15.8. The molecule has 4 aromatic rings. The zero-order valence-corrected chi connectivity index (χ0v) is 20.5. The molecule has 1 amide bonds. The quantitative estimate of drug-likeness (QED) is 0.424. The molecule has 1 saturated heterocycles. The van der Waals surface area contributed by atoms with Gasteiger partial charge in [-0.3, -0.25) is 9.59 Å². The fraction of sp³-hybridized carbons (Fsp3) is 0.250. The molecule has 0 unspecified atom stereocenters. The third-order valence-electron chi connectivity index (χ3n) is 6.52. The minimum atomic E-state index is -0.458. The highest BCUT2D eigenvalue weighted by atomic mass is 19.1. The fourth-order valence-corrected chi connectivity index (χ4v) is 4.30. The first kappa shape index (κ1) is 24.3. The number of carbonyl (C=O) groups is 1. The molecule has 8 nitrogen and oxygen atoms in total. The topological polar surface area (TPSA) is 93.0 Å². The number of halogens is 1. The summed E-state index contributed by atoms with van der Waals surface area (Å²) in [7, 11) is 0. The number of hydrogen-bond acceptors (Lipinski definition) is 6. The van der Waals surface area contributed by atoms with Crippen molar-refractivity contribution in [1.82, 2.24) is 20.0 Å². The number of carbonyl (C=O) groups excluding carboxylic acids is 1. The zero-order chi connectivity index (χ0) is 25.8. The number of nitrogens with zero attached hydrogens (tertiary/aromatic N) is 5. The normalized spacial score (nSPS) is 13.9. The lowest BCUT2D eigenvalue weighted by Gasteiger charge is -2.30. The van der Waals surface area contributed by atoms with Gasteiger partial charge in [0.05, 0.1) is 12.2 Å². The van der Waals surface area contributed by atoms with Crippen molar-refractivity contribution < 1.29 is 9.18 Å². The van der Waals surface area contributed by atoms with E-state index in [-0.39, 0.29) is 17.8 Å². The Kier molecular flexibility index (Phi) is 7.02. The van der Waals surface area contributed by atoms with Crippen molar-refractivity contribution in [3.05, 3.63) is 100 Å². The first-order chi connectivity index (χ1) is 17.9. The van der Waals surface area contributed by atoms with Crippen LogP contribution in [-0.2, 0) is 6.54 Å². The van der Waals surface area contributed by atoms with E-state index in [0.29, 0.717) is 11.3 Å². The van der Waals surface area contributed by atoms with E-state index in [4.69, 9.17) is 0 Å². The molecule has 1 aliphatic rings. The van der Waals surface area contributed by atoms with Gasteiger partial charge in [-0.15, -0.1) is 10.2 Å². The van der Waals surface area contributed by atoms with Gasteiger partial charge in [-0.2, -0.15) is 5.10 Å². The SMILES string of the molecule is CC1CCN(c2ccc(-c3ccc(NC(=O)c4ccc(=O)n(Cc5cccc(F)c5)n4)cc3)nn2)CC1. The van der Waals surface area contributed by atoms with Gasteiger partial charge in [-0.25, -0.2) is 9.07 Å². The minimum absolute atomic E-state index is 0.0586. The van der Waals surface area contributed by atoms with Gasteiger partial charge in [0.25, 0.3) is 11.5 Å². The summed E-state index contributed by atoms with van der Waals surface area (Å²) < 4.78 is 14.6. The molecule has 2 aromatic carbocycles. The number of anilines is 2. The van der Waals surface area contributed by atoms with Crippen molar-refractivity contribution in [2.45, 2.75) is 26.3 Å². The Balaban J connectivity index is 1.24. The highest BCUT2D eigenvalue weighted by molar-refractivity contribution is 6.02.